The van der Waals surface area contributed by atoms with Gasteiger partial charge in [-0.2, -0.15) is 0 Å². The first-order valence-corrected chi connectivity index (χ1v) is 10.7. The zero-order valence-electron chi connectivity index (χ0n) is 18.2. The van der Waals surface area contributed by atoms with Crippen LogP contribution in [0.4, 0.5) is 5.82 Å². The van der Waals surface area contributed by atoms with Crippen molar-refractivity contribution in [3.05, 3.63) is 58.9 Å². The number of ether oxygens (including phenoxy) is 1. The first-order valence-electron chi connectivity index (χ1n) is 10.3. The van der Waals surface area contributed by atoms with Crippen molar-refractivity contribution in [2.24, 2.45) is 5.73 Å². The molecule has 0 amide bonds. The fourth-order valence-corrected chi connectivity index (χ4v) is 4.11. The van der Waals surface area contributed by atoms with E-state index < -0.39 is 0 Å². The van der Waals surface area contributed by atoms with Crippen LogP contribution in [0.2, 0.25) is 5.02 Å². The molecule has 0 saturated heterocycles. The van der Waals surface area contributed by atoms with E-state index >= 15 is 0 Å². The molecule has 5 nitrogen and oxygen atoms in total. The Morgan fingerprint density at radius 2 is 1.69 bits per heavy atom. The summed E-state index contributed by atoms with van der Waals surface area (Å²) in [6, 6.07) is 14.4. The van der Waals surface area contributed by atoms with Crippen molar-refractivity contribution in [3.63, 3.8) is 0 Å². The number of halogens is 3. The molecule has 1 heterocycles. The maximum atomic E-state index is 6.11. The zero-order chi connectivity index (χ0) is 21.1. The second-order valence-electron chi connectivity index (χ2n) is 7.85. The highest BCUT2D eigenvalue weighted by Crippen LogP contribution is 2.32. The number of benzene rings is 2. The lowest BCUT2D eigenvalue weighted by molar-refractivity contribution is 0.384. The van der Waals surface area contributed by atoms with Gasteiger partial charge < -0.3 is 15.4 Å². The molecule has 2 aromatic carbocycles. The third-order valence-electron chi connectivity index (χ3n) is 5.82. The Hall–Kier alpha value is -2.05. The third kappa shape index (κ3) is 6.04. The van der Waals surface area contributed by atoms with Crippen LogP contribution in [0.15, 0.2) is 42.5 Å². The predicted octanol–water partition coefficient (Wildman–Crippen LogP) is 6.01. The molecule has 32 heavy (non-hydrogen) atoms. The number of hydrogen-bond donors (Lipinski definition) is 1. The maximum absolute atomic E-state index is 6.11. The van der Waals surface area contributed by atoms with Gasteiger partial charge >= 0.3 is 0 Å². The summed E-state index contributed by atoms with van der Waals surface area (Å²) in [6.07, 6.45) is 8.19. The number of methoxy groups -OCH3 is 1. The summed E-state index contributed by atoms with van der Waals surface area (Å²) in [6.45, 7) is 0. The smallest absolute Gasteiger partial charge is 0.154 e. The molecule has 0 radical (unpaired) electrons. The van der Waals surface area contributed by atoms with E-state index in [0.29, 0.717) is 17.9 Å². The Kier molecular flexibility index (Phi) is 9.59. The SMILES string of the molecule is COc1ccc2nc(/C=C/c3ccc(Cl)cc3)nc(N(C)C3CCC(N)CC3)c2c1.Cl.Cl. The molecular weight excluding hydrogens is 467 g/mol. The van der Waals surface area contributed by atoms with Gasteiger partial charge in [0.2, 0.25) is 0 Å². The standard InChI is InChI=1S/C24H27ClN4O.2ClH/c1-29(19-10-8-18(26)9-11-19)24-21-15-20(30-2)12-13-22(21)27-23(28-24)14-5-16-3-6-17(25)7-4-16;;/h3-7,12-15,18-19H,8-11,26H2,1-2H3;2*1H/b14-5+;;. The van der Waals surface area contributed by atoms with Crippen molar-refractivity contribution in [2.75, 3.05) is 19.1 Å². The number of aromatic nitrogens is 2. The monoisotopic (exact) mass is 494 g/mol. The highest BCUT2D eigenvalue weighted by atomic mass is 35.5. The van der Waals surface area contributed by atoms with Crippen molar-refractivity contribution in [1.29, 1.82) is 0 Å². The third-order valence-corrected chi connectivity index (χ3v) is 6.07. The van der Waals surface area contributed by atoms with E-state index in [1.165, 1.54) is 0 Å². The first-order chi connectivity index (χ1) is 14.5. The number of hydrogen-bond acceptors (Lipinski definition) is 5. The van der Waals surface area contributed by atoms with Crippen molar-refractivity contribution in [3.8, 4) is 5.75 Å². The van der Waals surface area contributed by atoms with Crippen LogP contribution in [0.5, 0.6) is 5.75 Å². The molecule has 172 valence electrons. The zero-order valence-corrected chi connectivity index (χ0v) is 20.6. The minimum Gasteiger partial charge on any atom is -0.497 e. The van der Waals surface area contributed by atoms with Gasteiger partial charge in [-0.3, -0.25) is 0 Å². The molecule has 8 heteroatoms. The molecule has 0 unspecified atom stereocenters. The fourth-order valence-electron chi connectivity index (χ4n) is 3.99. The molecule has 1 aliphatic carbocycles. The molecule has 4 rings (SSSR count). The van der Waals surface area contributed by atoms with Crippen LogP contribution in [0, 0.1) is 0 Å². The van der Waals surface area contributed by atoms with Gasteiger partial charge in [0.25, 0.3) is 0 Å². The van der Waals surface area contributed by atoms with Crippen LogP contribution in [0.1, 0.15) is 37.1 Å². The molecular formula is C24H29Cl3N4O. The highest BCUT2D eigenvalue weighted by Gasteiger charge is 2.24. The van der Waals surface area contributed by atoms with Crippen LogP contribution < -0.4 is 15.4 Å². The summed E-state index contributed by atoms with van der Waals surface area (Å²) in [7, 11) is 3.80. The van der Waals surface area contributed by atoms with Gasteiger partial charge in [0.15, 0.2) is 5.82 Å². The number of nitrogens with zero attached hydrogens (tertiary/aromatic N) is 3. The van der Waals surface area contributed by atoms with Gasteiger partial charge in [-0.25, -0.2) is 9.97 Å². The molecule has 1 fully saturated rings. The van der Waals surface area contributed by atoms with Gasteiger partial charge in [-0.05, 0) is 67.7 Å². The van der Waals surface area contributed by atoms with E-state index in [0.717, 1.165) is 58.7 Å². The molecule has 2 N–H and O–H groups in total. The van der Waals surface area contributed by atoms with Crippen LogP contribution in [-0.2, 0) is 0 Å². The Bertz CT molecular complexity index is 1050. The normalized spacial score (nSPS) is 18.1. The largest absolute Gasteiger partial charge is 0.497 e. The van der Waals surface area contributed by atoms with Gasteiger partial charge in [-0.1, -0.05) is 29.8 Å². The minimum atomic E-state index is 0. The van der Waals surface area contributed by atoms with E-state index in [1.807, 2.05) is 54.6 Å². The van der Waals surface area contributed by atoms with E-state index in [4.69, 9.17) is 32.0 Å². The molecule has 0 bridgehead atoms. The Balaban J connectivity index is 0.00000181. The summed E-state index contributed by atoms with van der Waals surface area (Å²) in [5.41, 5.74) is 8.06. The number of nitrogens with two attached hydrogens (primary N) is 1. The molecule has 1 saturated carbocycles. The van der Waals surface area contributed by atoms with Crippen molar-refractivity contribution in [1.82, 2.24) is 9.97 Å². The van der Waals surface area contributed by atoms with Crippen molar-refractivity contribution in [2.45, 2.75) is 37.8 Å². The lowest BCUT2D eigenvalue weighted by atomic mass is 9.91. The second-order valence-corrected chi connectivity index (χ2v) is 8.29. The average molecular weight is 496 g/mol. The minimum absolute atomic E-state index is 0. The van der Waals surface area contributed by atoms with E-state index in [-0.39, 0.29) is 24.8 Å². The summed E-state index contributed by atoms with van der Waals surface area (Å²) in [4.78, 5) is 12.0. The Labute approximate surface area is 206 Å². The molecule has 1 aliphatic rings. The summed E-state index contributed by atoms with van der Waals surface area (Å²) < 4.78 is 5.45. The summed E-state index contributed by atoms with van der Waals surface area (Å²) in [5.74, 6) is 2.41. The Morgan fingerprint density at radius 3 is 2.34 bits per heavy atom. The summed E-state index contributed by atoms with van der Waals surface area (Å²) >= 11 is 5.98. The van der Waals surface area contributed by atoms with Crippen molar-refractivity contribution < 1.29 is 4.74 Å². The average Bonchev–Trinajstić information content (AvgIpc) is 2.78. The molecule has 3 aromatic rings. The Morgan fingerprint density at radius 1 is 1.00 bits per heavy atom. The summed E-state index contributed by atoms with van der Waals surface area (Å²) in [5, 5.41) is 1.72. The quantitative estimate of drug-likeness (QED) is 0.469. The van der Waals surface area contributed by atoms with Crippen LogP contribution in [-0.4, -0.2) is 36.2 Å². The second kappa shape index (κ2) is 11.7. The lowest BCUT2D eigenvalue weighted by Gasteiger charge is -2.34. The van der Waals surface area contributed by atoms with Crippen LogP contribution in [0.3, 0.4) is 0 Å². The van der Waals surface area contributed by atoms with Gasteiger partial charge in [-0.15, -0.1) is 24.8 Å². The maximum Gasteiger partial charge on any atom is 0.154 e. The number of fused-ring (bicyclic) bond motifs is 1. The van der Waals surface area contributed by atoms with E-state index in [9.17, 15) is 0 Å². The first kappa shape index (κ1) is 26.2. The fraction of sp³-hybridized carbons (Fsp3) is 0.333. The molecule has 0 aliphatic heterocycles. The molecule has 1 aromatic heterocycles. The topological polar surface area (TPSA) is 64.3 Å². The van der Waals surface area contributed by atoms with E-state index in [2.05, 4.69) is 11.9 Å². The van der Waals surface area contributed by atoms with Gasteiger partial charge in [0.1, 0.15) is 11.6 Å². The lowest BCUT2D eigenvalue weighted by Crippen LogP contribution is -2.39. The van der Waals surface area contributed by atoms with Gasteiger partial charge in [0.05, 0.1) is 12.6 Å². The highest BCUT2D eigenvalue weighted by molar-refractivity contribution is 6.30. The molecule has 0 spiro atoms. The predicted molar refractivity (Wildman–Crippen MR) is 140 cm³/mol. The van der Waals surface area contributed by atoms with E-state index in [1.54, 1.807) is 7.11 Å². The van der Waals surface area contributed by atoms with Crippen molar-refractivity contribution >= 4 is 65.3 Å². The molecule has 0 atom stereocenters. The van der Waals surface area contributed by atoms with Gasteiger partial charge in [0, 0.05) is 29.5 Å². The van der Waals surface area contributed by atoms with Crippen LogP contribution in [0.25, 0.3) is 23.1 Å². The van der Waals surface area contributed by atoms with Crippen LogP contribution >= 0.6 is 36.4 Å². The number of anilines is 1. The number of rotatable bonds is 5.